The molecule has 1 amide bonds. The Morgan fingerprint density at radius 2 is 1.96 bits per heavy atom. The van der Waals surface area contributed by atoms with Gasteiger partial charge in [0.2, 0.25) is 5.95 Å². The Kier molecular flexibility index (Phi) is 5.68. The molecule has 6 nitrogen and oxygen atoms in total. The largest absolute Gasteiger partial charge is 0.444 e. The Morgan fingerprint density at radius 3 is 2.57 bits per heavy atom. The molecule has 2 rings (SSSR count). The number of nitrogens with one attached hydrogen (secondary N) is 2. The lowest BCUT2D eigenvalue weighted by atomic mass is 9.90. The van der Waals surface area contributed by atoms with E-state index in [0.29, 0.717) is 11.1 Å². The number of anilines is 1. The molecule has 128 valence electrons. The van der Waals surface area contributed by atoms with Gasteiger partial charge in [0, 0.05) is 17.8 Å². The Bertz CT molecular complexity index is 560. The first-order valence-electron chi connectivity index (χ1n) is 8.00. The van der Waals surface area contributed by atoms with E-state index in [1.807, 2.05) is 27.7 Å². The standard InChI is InChI=1S/C16H25ClN4O2/c1-10-9-18-14(21-13(10)17)19-11-7-5-6-8-12(11)20-15(22)23-16(2,3)4/h9,11-12H,5-8H2,1-4H3,(H,20,22)(H,18,19,21). The Morgan fingerprint density at radius 1 is 1.30 bits per heavy atom. The monoisotopic (exact) mass is 340 g/mol. The van der Waals surface area contributed by atoms with E-state index in [0.717, 1.165) is 31.2 Å². The van der Waals surface area contributed by atoms with Crippen LogP contribution in [-0.4, -0.2) is 33.7 Å². The minimum Gasteiger partial charge on any atom is -0.444 e. The third-order valence-electron chi connectivity index (χ3n) is 3.69. The van der Waals surface area contributed by atoms with Gasteiger partial charge in [-0.25, -0.2) is 14.8 Å². The van der Waals surface area contributed by atoms with Crippen LogP contribution in [0.4, 0.5) is 10.7 Å². The van der Waals surface area contributed by atoms with E-state index in [9.17, 15) is 4.79 Å². The summed E-state index contributed by atoms with van der Waals surface area (Å²) in [5.74, 6) is 0.489. The first kappa shape index (κ1) is 17.8. The summed E-state index contributed by atoms with van der Waals surface area (Å²) in [4.78, 5) is 20.5. The lowest BCUT2D eigenvalue weighted by Gasteiger charge is -2.33. The molecule has 1 heterocycles. The summed E-state index contributed by atoms with van der Waals surface area (Å²) in [6.07, 6.45) is 5.32. The average molecular weight is 341 g/mol. The molecule has 0 saturated heterocycles. The van der Waals surface area contributed by atoms with Crippen molar-refractivity contribution in [2.24, 2.45) is 0 Å². The number of halogens is 1. The van der Waals surface area contributed by atoms with E-state index in [4.69, 9.17) is 16.3 Å². The molecule has 0 aliphatic heterocycles. The fourth-order valence-electron chi connectivity index (χ4n) is 2.59. The van der Waals surface area contributed by atoms with Crippen LogP contribution in [0.15, 0.2) is 6.20 Å². The van der Waals surface area contributed by atoms with E-state index in [2.05, 4.69) is 20.6 Å². The molecule has 0 spiro atoms. The first-order chi connectivity index (χ1) is 10.7. The molecule has 1 aromatic rings. The molecule has 1 fully saturated rings. The highest BCUT2D eigenvalue weighted by Crippen LogP contribution is 2.22. The lowest BCUT2D eigenvalue weighted by molar-refractivity contribution is 0.0488. The SMILES string of the molecule is Cc1cnc(NC2CCCCC2NC(=O)OC(C)(C)C)nc1Cl. The number of amides is 1. The number of hydrogen-bond donors (Lipinski definition) is 2. The number of nitrogens with zero attached hydrogens (tertiary/aromatic N) is 2. The van der Waals surface area contributed by atoms with Crippen molar-refractivity contribution in [1.29, 1.82) is 0 Å². The minimum atomic E-state index is -0.505. The van der Waals surface area contributed by atoms with Gasteiger partial charge < -0.3 is 15.4 Å². The van der Waals surface area contributed by atoms with E-state index >= 15 is 0 Å². The van der Waals surface area contributed by atoms with Crippen LogP contribution in [0, 0.1) is 6.92 Å². The van der Waals surface area contributed by atoms with E-state index in [1.54, 1.807) is 6.20 Å². The zero-order chi connectivity index (χ0) is 17.0. The molecule has 1 aromatic heterocycles. The molecule has 2 N–H and O–H groups in total. The predicted octanol–water partition coefficient (Wildman–Crippen LogP) is 3.69. The van der Waals surface area contributed by atoms with E-state index < -0.39 is 5.60 Å². The highest BCUT2D eigenvalue weighted by Gasteiger charge is 2.29. The molecule has 1 aliphatic rings. The zero-order valence-electron chi connectivity index (χ0n) is 14.1. The summed E-state index contributed by atoms with van der Waals surface area (Å²) < 4.78 is 5.34. The van der Waals surface area contributed by atoms with Gasteiger partial charge >= 0.3 is 6.09 Å². The number of hydrogen-bond acceptors (Lipinski definition) is 5. The van der Waals surface area contributed by atoms with E-state index in [1.165, 1.54) is 0 Å². The second-order valence-corrected chi connectivity index (χ2v) is 7.31. The van der Waals surface area contributed by atoms with Crippen molar-refractivity contribution in [3.63, 3.8) is 0 Å². The van der Waals surface area contributed by atoms with Crippen molar-refractivity contribution in [2.45, 2.75) is 71.1 Å². The van der Waals surface area contributed by atoms with Crippen molar-refractivity contribution in [2.75, 3.05) is 5.32 Å². The van der Waals surface area contributed by atoms with Gasteiger partial charge in [0.05, 0.1) is 6.04 Å². The molecular formula is C16H25ClN4O2. The van der Waals surface area contributed by atoms with Crippen LogP contribution in [0.3, 0.4) is 0 Å². The zero-order valence-corrected chi connectivity index (χ0v) is 14.9. The van der Waals surface area contributed by atoms with Gasteiger partial charge in [0.1, 0.15) is 10.8 Å². The number of carbonyl (C=O) groups excluding carboxylic acids is 1. The Hall–Kier alpha value is -1.56. The van der Waals surface area contributed by atoms with Gasteiger partial charge in [-0.05, 0) is 40.5 Å². The van der Waals surface area contributed by atoms with E-state index in [-0.39, 0.29) is 18.2 Å². The summed E-state index contributed by atoms with van der Waals surface area (Å²) in [7, 11) is 0. The van der Waals surface area contributed by atoms with Gasteiger partial charge in [0.25, 0.3) is 0 Å². The third-order valence-corrected chi connectivity index (χ3v) is 4.08. The van der Waals surface area contributed by atoms with Crippen molar-refractivity contribution >= 4 is 23.6 Å². The fraction of sp³-hybridized carbons (Fsp3) is 0.688. The number of aromatic nitrogens is 2. The van der Waals surface area contributed by atoms with Gasteiger partial charge in [-0.1, -0.05) is 24.4 Å². The summed E-state index contributed by atoms with van der Waals surface area (Å²) >= 11 is 6.04. The maximum Gasteiger partial charge on any atom is 0.407 e. The van der Waals surface area contributed by atoms with Gasteiger partial charge in [-0.15, -0.1) is 0 Å². The topological polar surface area (TPSA) is 76.1 Å². The molecule has 0 radical (unpaired) electrons. The molecule has 7 heteroatoms. The molecule has 2 atom stereocenters. The summed E-state index contributed by atoms with van der Waals surface area (Å²) in [5.41, 5.74) is 0.333. The molecule has 0 bridgehead atoms. The Labute approximate surface area is 142 Å². The number of ether oxygens (including phenoxy) is 1. The smallest absolute Gasteiger partial charge is 0.407 e. The third kappa shape index (κ3) is 5.53. The van der Waals surface area contributed by atoms with Gasteiger partial charge in [0.15, 0.2) is 0 Å². The number of rotatable bonds is 3. The summed E-state index contributed by atoms with van der Waals surface area (Å²) in [6, 6.07) is 0.0531. The predicted molar refractivity (Wildman–Crippen MR) is 90.8 cm³/mol. The molecule has 23 heavy (non-hydrogen) atoms. The van der Waals surface area contributed by atoms with Crippen molar-refractivity contribution in [3.8, 4) is 0 Å². The quantitative estimate of drug-likeness (QED) is 0.821. The summed E-state index contributed by atoms with van der Waals surface area (Å²) in [6.45, 7) is 7.42. The van der Waals surface area contributed by atoms with Crippen molar-refractivity contribution < 1.29 is 9.53 Å². The highest BCUT2D eigenvalue weighted by atomic mass is 35.5. The van der Waals surface area contributed by atoms with Crippen molar-refractivity contribution in [3.05, 3.63) is 16.9 Å². The molecule has 1 aliphatic carbocycles. The van der Waals surface area contributed by atoms with Crippen LogP contribution < -0.4 is 10.6 Å². The number of alkyl carbamates (subject to hydrolysis) is 1. The molecule has 0 aromatic carbocycles. The van der Waals surface area contributed by atoms with Crippen LogP contribution in [0.1, 0.15) is 52.0 Å². The van der Waals surface area contributed by atoms with Crippen LogP contribution >= 0.6 is 11.6 Å². The van der Waals surface area contributed by atoms with Crippen LogP contribution in [0.25, 0.3) is 0 Å². The normalized spacial score (nSPS) is 21.6. The second-order valence-electron chi connectivity index (χ2n) is 6.96. The second kappa shape index (κ2) is 7.34. The highest BCUT2D eigenvalue weighted by molar-refractivity contribution is 6.30. The maximum atomic E-state index is 12.0. The first-order valence-corrected chi connectivity index (χ1v) is 8.37. The van der Waals surface area contributed by atoms with Gasteiger partial charge in [-0.3, -0.25) is 0 Å². The molecule has 1 saturated carbocycles. The molecular weight excluding hydrogens is 316 g/mol. The lowest BCUT2D eigenvalue weighted by Crippen LogP contribution is -2.50. The number of carbonyl (C=O) groups is 1. The average Bonchev–Trinajstić information content (AvgIpc) is 2.43. The molecule has 2 unspecified atom stereocenters. The minimum absolute atomic E-state index is 0.0118. The van der Waals surface area contributed by atoms with Crippen LogP contribution in [0.5, 0.6) is 0 Å². The van der Waals surface area contributed by atoms with Crippen molar-refractivity contribution in [1.82, 2.24) is 15.3 Å². The number of aryl methyl sites for hydroxylation is 1. The maximum absolute atomic E-state index is 12.0. The van der Waals surface area contributed by atoms with Crippen LogP contribution in [0.2, 0.25) is 5.15 Å². The van der Waals surface area contributed by atoms with Gasteiger partial charge in [-0.2, -0.15) is 0 Å². The fourth-order valence-corrected chi connectivity index (χ4v) is 2.72. The Balaban J connectivity index is 2.00. The summed E-state index contributed by atoms with van der Waals surface area (Å²) in [5, 5.41) is 6.69. The van der Waals surface area contributed by atoms with Crippen LogP contribution in [-0.2, 0) is 4.74 Å².